The molecule has 1 aromatic heterocycles. The largest absolute Gasteiger partial charge is 0.477 e. The fourth-order valence-corrected chi connectivity index (χ4v) is 4.07. The molecule has 0 spiro atoms. The van der Waals surface area contributed by atoms with E-state index in [1.807, 2.05) is 61.7 Å². The van der Waals surface area contributed by atoms with Gasteiger partial charge in [-0.2, -0.15) is 0 Å². The summed E-state index contributed by atoms with van der Waals surface area (Å²) in [6.45, 7) is 2.52. The molecule has 0 saturated carbocycles. The molecule has 28 heavy (non-hydrogen) atoms. The lowest BCUT2D eigenvalue weighted by molar-refractivity contribution is 0.0692. The van der Waals surface area contributed by atoms with Gasteiger partial charge in [0.1, 0.15) is 16.4 Å². The van der Waals surface area contributed by atoms with E-state index >= 15 is 0 Å². The maximum Gasteiger partial charge on any atom is 0.342 e. The SMILES string of the molecule is CSc1nc(NCc2cccc(C)c2)c(C(=O)O)c(SCc2ccccc2)n1. The number of aromatic carboxylic acids is 1. The molecule has 2 aromatic carbocycles. The van der Waals surface area contributed by atoms with Crippen LogP contribution in [0.2, 0.25) is 0 Å². The van der Waals surface area contributed by atoms with E-state index in [4.69, 9.17) is 0 Å². The van der Waals surface area contributed by atoms with Crippen LogP contribution in [-0.4, -0.2) is 27.3 Å². The number of nitrogens with one attached hydrogen (secondary N) is 1. The van der Waals surface area contributed by atoms with Crippen molar-refractivity contribution in [3.05, 3.63) is 76.9 Å². The Morgan fingerprint density at radius 2 is 1.82 bits per heavy atom. The molecule has 0 aliphatic carbocycles. The Hall–Kier alpha value is -2.51. The molecule has 0 atom stereocenters. The smallest absolute Gasteiger partial charge is 0.342 e. The molecule has 2 N–H and O–H groups in total. The number of carboxylic acids is 1. The van der Waals surface area contributed by atoms with Gasteiger partial charge < -0.3 is 10.4 Å². The molecule has 0 amide bonds. The summed E-state index contributed by atoms with van der Waals surface area (Å²) in [6, 6.07) is 18.0. The molecule has 3 aromatic rings. The first-order chi connectivity index (χ1) is 13.6. The number of rotatable bonds is 8. The van der Waals surface area contributed by atoms with Gasteiger partial charge >= 0.3 is 5.97 Å². The molecule has 0 bridgehead atoms. The minimum atomic E-state index is -1.03. The van der Waals surface area contributed by atoms with Crippen molar-refractivity contribution in [3.8, 4) is 0 Å². The van der Waals surface area contributed by atoms with E-state index in [1.54, 1.807) is 0 Å². The Kier molecular flexibility index (Phi) is 6.95. The molecule has 0 unspecified atom stereocenters. The number of carbonyl (C=O) groups is 1. The first-order valence-corrected chi connectivity index (χ1v) is 10.9. The Labute approximate surface area is 173 Å². The number of nitrogens with zero attached hydrogens (tertiary/aromatic N) is 2. The summed E-state index contributed by atoms with van der Waals surface area (Å²) >= 11 is 2.81. The van der Waals surface area contributed by atoms with E-state index in [1.165, 1.54) is 23.5 Å². The summed E-state index contributed by atoms with van der Waals surface area (Å²) in [5.41, 5.74) is 3.46. The molecule has 0 aliphatic rings. The van der Waals surface area contributed by atoms with Gasteiger partial charge in [-0.25, -0.2) is 14.8 Å². The van der Waals surface area contributed by atoms with Crippen LogP contribution < -0.4 is 5.32 Å². The van der Waals surface area contributed by atoms with Gasteiger partial charge in [0.15, 0.2) is 5.16 Å². The van der Waals surface area contributed by atoms with E-state index in [9.17, 15) is 9.90 Å². The first-order valence-electron chi connectivity index (χ1n) is 8.72. The van der Waals surface area contributed by atoms with Crippen LogP contribution in [0.1, 0.15) is 27.0 Å². The van der Waals surface area contributed by atoms with Crippen LogP contribution in [0, 0.1) is 6.92 Å². The summed E-state index contributed by atoms with van der Waals surface area (Å²) in [5, 5.41) is 14.0. The molecule has 0 aliphatic heterocycles. The van der Waals surface area contributed by atoms with E-state index in [0.29, 0.717) is 28.3 Å². The van der Waals surface area contributed by atoms with E-state index in [2.05, 4.69) is 21.4 Å². The molecule has 5 nitrogen and oxygen atoms in total. The third kappa shape index (κ3) is 5.27. The molecular weight excluding hydrogens is 390 g/mol. The van der Waals surface area contributed by atoms with Crippen molar-refractivity contribution in [1.82, 2.24) is 9.97 Å². The second-order valence-corrected chi connectivity index (χ2v) is 7.90. The molecular formula is C21H21N3O2S2. The highest BCUT2D eigenvalue weighted by molar-refractivity contribution is 7.99. The quantitative estimate of drug-likeness (QED) is 0.303. The lowest BCUT2D eigenvalue weighted by Crippen LogP contribution is -2.12. The van der Waals surface area contributed by atoms with E-state index in [0.717, 1.165) is 16.7 Å². The van der Waals surface area contributed by atoms with Gasteiger partial charge in [0, 0.05) is 12.3 Å². The van der Waals surface area contributed by atoms with Crippen molar-refractivity contribution < 1.29 is 9.90 Å². The lowest BCUT2D eigenvalue weighted by Gasteiger charge is -2.13. The van der Waals surface area contributed by atoms with Gasteiger partial charge in [0.2, 0.25) is 0 Å². The number of anilines is 1. The molecule has 3 rings (SSSR count). The molecule has 7 heteroatoms. The maximum absolute atomic E-state index is 12.0. The van der Waals surface area contributed by atoms with Crippen molar-refractivity contribution >= 4 is 35.3 Å². The molecule has 0 saturated heterocycles. The predicted octanol–water partition coefficient (Wildman–Crippen LogP) is 5.11. The highest BCUT2D eigenvalue weighted by atomic mass is 32.2. The summed E-state index contributed by atoms with van der Waals surface area (Å²) in [4.78, 5) is 20.8. The van der Waals surface area contributed by atoms with Crippen LogP contribution in [0.3, 0.4) is 0 Å². The fraction of sp³-hybridized carbons (Fsp3) is 0.190. The van der Waals surface area contributed by atoms with Crippen LogP contribution in [-0.2, 0) is 12.3 Å². The number of aryl methyl sites for hydroxylation is 1. The number of benzene rings is 2. The monoisotopic (exact) mass is 411 g/mol. The second kappa shape index (κ2) is 9.61. The third-order valence-corrected chi connectivity index (χ3v) is 5.61. The average molecular weight is 412 g/mol. The van der Waals surface area contributed by atoms with E-state index < -0.39 is 5.97 Å². The molecule has 144 valence electrons. The normalized spacial score (nSPS) is 10.6. The minimum Gasteiger partial charge on any atom is -0.477 e. The minimum absolute atomic E-state index is 0.117. The van der Waals surface area contributed by atoms with Gasteiger partial charge in [-0.05, 0) is 24.3 Å². The number of hydrogen-bond donors (Lipinski definition) is 2. The van der Waals surface area contributed by atoms with Crippen LogP contribution in [0.4, 0.5) is 5.82 Å². The zero-order valence-electron chi connectivity index (χ0n) is 15.7. The van der Waals surface area contributed by atoms with Crippen LogP contribution >= 0.6 is 23.5 Å². The number of thioether (sulfide) groups is 2. The molecule has 0 radical (unpaired) electrons. The number of aromatic nitrogens is 2. The van der Waals surface area contributed by atoms with E-state index in [-0.39, 0.29) is 5.56 Å². The van der Waals surface area contributed by atoms with Crippen LogP contribution in [0.15, 0.2) is 64.8 Å². The van der Waals surface area contributed by atoms with Gasteiger partial charge in [-0.1, -0.05) is 71.9 Å². The first kappa shape index (κ1) is 20.2. The standard InChI is InChI=1S/C21H21N3O2S2/c1-14-7-6-10-16(11-14)12-22-18-17(20(25)26)19(24-21(23-18)27-2)28-13-15-8-4-3-5-9-15/h3-11H,12-13H2,1-2H3,(H,25,26)(H,22,23,24). The highest BCUT2D eigenvalue weighted by Gasteiger charge is 2.21. The summed E-state index contributed by atoms with van der Waals surface area (Å²) in [7, 11) is 0. The average Bonchev–Trinajstić information content (AvgIpc) is 2.70. The van der Waals surface area contributed by atoms with Crippen LogP contribution in [0.25, 0.3) is 0 Å². The predicted molar refractivity (Wildman–Crippen MR) is 115 cm³/mol. The lowest BCUT2D eigenvalue weighted by atomic mass is 10.1. The maximum atomic E-state index is 12.0. The number of hydrogen-bond acceptors (Lipinski definition) is 6. The van der Waals surface area contributed by atoms with Crippen LogP contribution in [0.5, 0.6) is 0 Å². The van der Waals surface area contributed by atoms with Gasteiger partial charge in [-0.15, -0.1) is 11.8 Å². The van der Waals surface area contributed by atoms with Gasteiger partial charge in [0.05, 0.1) is 0 Å². The van der Waals surface area contributed by atoms with Gasteiger partial charge in [-0.3, -0.25) is 0 Å². The summed E-state index contributed by atoms with van der Waals surface area (Å²) < 4.78 is 0. The second-order valence-electron chi connectivity index (χ2n) is 6.16. The zero-order valence-corrected chi connectivity index (χ0v) is 17.3. The Balaban J connectivity index is 1.88. The Morgan fingerprint density at radius 1 is 1.07 bits per heavy atom. The van der Waals surface area contributed by atoms with Gasteiger partial charge in [0.25, 0.3) is 0 Å². The summed E-state index contributed by atoms with van der Waals surface area (Å²) in [5.74, 6) is -0.0395. The molecule has 0 fully saturated rings. The zero-order chi connectivity index (χ0) is 19.9. The van der Waals surface area contributed by atoms with Crippen molar-refractivity contribution in [2.45, 2.75) is 29.4 Å². The fourth-order valence-electron chi connectivity index (χ4n) is 2.67. The summed E-state index contributed by atoms with van der Waals surface area (Å²) in [6.07, 6.45) is 1.88. The van der Waals surface area contributed by atoms with Crippen molar-refractivity contribution in [2.24, 2.45) is 0 Å². The number of carboxylic acid groups (broad SMARTS) is 1. The highest BCUT2D eigenvalue weighted by Crippen LogP contribution is 2.30. The topological polar surface area (TPSA) is 75.1 Å². The van der Waals surface area contributed by atoms with Crippen molar-refractivity contribution in [1.29, 1.82) is 0 Å². The molecule has 1 heterocycles. The van der Waals surface area contributed by atoms with Crippen molar-refractivity contribution in [2.75, 3.05) is 11.6 Å². The Morgan fingerprint density at radius 3 is 2.50 bits per heavy atom. The van der Waals surface area contributed by atoms with Crippen molar-refractivity contribution in [3.63, 3.8) is 0 Å². The third-order valence-electron chi connectivity index (χ3n) is 4.01. The Bertz CT molecular complexity index is 965.